The average molecular weight is 244 g/mol. The van der Waals surface area contributed by atoms with Gasteiger partial charge in [0.05, 0.1) is 20.3 Å². The number of aromatic nitrogens is 3. The molecule has 0 fully saturated rings. The van der Waals surface area contributed by atoms with Crippen LogP contribution in [0.3, 0.4) is 0 Å². The van der Waals surface area contributed by atoms with Gasteiger partial charge in [-0.1, -0.05) is 5.21 Å². The summed E-state index contributed by atoms with van der Waals surface area (Å²) >= 11 is 0. The van der Waals surface area contributed by atoms with Crippen molar-refractivity contribution in [3.05, 3.63) is 30.0 Å². The topological polar surface area (TPSA) is 84.0 Å². The SMILES string of the molecule is COc1ccc(-c2c(C#N)nnn2CCO)cc1. The highest BCUT2D eigenvalue weighted by Gasteiger charge is 2.14. The molecular formula is C12H12N4O2. The molecule has 0 aliphatic carbocycles. The van der Waals surface area contributed by atoms with Gasteiger partial charge in [-0.15, -0.1) is 5.10 Å². The molecule has 2 aromatic rings. The lowest BCUT2D eigenvalue weighted by atomic mass is 10.1. The third-order valence-electron chi connectivity index (χ3n) is 2.52. The van der Waals surface area contributed by atoms with Gasteiger partial charge in [0, 0.05) is 5.56 Å². The molecule has 0 saturated heterocycles. The van der Waals surface area contributed by atoms with Gasteiger partial charge in [-0.05, 0) is 24.3 Å². The van der Waals surface area contributed by atoms with Crippen molar-refractivity contribution in [1.82, 2.24) is 15.0 Å². The van der Waals surface area contributed by atoms with Crippen LogP contribution in [0.5, 0.6) is 5.75 Å². The maximum Gasteiger partial charge on any atom is 0.190 e. The average Bonchev–Trinajstić information content (AvgIpc) is 2.82. The quantitative estimate of drug-likeness (QED) is 0.860. The van der Waals surface area contributed by atoms with Crippen molar-refractivity contribution in [2.45, 2.75) is 6.54 Å². The number of nitriles is 1. The molecule has 0 radical (unpaired) electrons. The van der Waals surface area contributed by atoms with E-state index in [1.807, 2.05) is 18.2 Å². The Bertz CT molecular complexity index is 569. The summed E-state index contributed by atoms with van der Waals surface area (Å²) in [6.07, 6.45) is 0. The molecule has 1 aromatic heterocycles. The molecule has 0 amide bonds. The van der Waals surface area contributed by atoms with Gasteiger partial charge in [-0.25, -0.2) is 4.68 Å². The summed E-state index contributed by atoms with van der Waals surface area (Å²) in [6, 6.07) is 9.24. The largest absolute Gasteiger partial charge is 0.497 e. The first-order chi connectivity index (χ1) is 8.80. The molecule has 1 aromatic carbocycles. The second-order valence-electron chi connectivity index (χ2n) is 3.57. The van der Waals surface area contributed by atoms with E-state index in [2.05, 4.69) is 10.3 Å². The molecule has 0 bridgehead atoms. The summed E-state index contributed by atoms with van der Waals surface area (Å²) < 4.78 is 6.59. The Morgan fingerprint density at radius 3 is 2.67 bits per heavy atom. The number of methoxy groups -OCH3 is 1. The Morgan fingerprint density at radius 1 is 1.39 bits per heavy atom. The predicted octanol–water partition coefficient (Wildman–Crippen LogP) is 0.818. The first-order valence-corrected chi connectivity index (χ1v) is 5.39. The van der Waals surface area contributed by atoms with E-state index in [4.69, 9.17) is 15.1 Å². The highest BCUT2D eigenvalue weighted by atomic mass is 16.5. The van der Waals surface area contributed by atoms with Crippen LogP contribution in [0.15, 0.2) is 24.3 Å². The Balaban J connectivity index is 2.47. The number of hydrogen-bond donors (Lipinski definition) is 1. The lowest BCUT2D eigenvalue weighted by Crippen LogP contribution is -2.06. The summed E-state index contributed by atoms with van der Waals surface area (Å²) in [5.41, 5.74) is 1.66. The van der Waals surface area contributed by atoms with E-state index < -0.39 is 0 Å². The first-order valence-electron chi connectivity index (χ1n) is 5.39. The standard InChI is InChI=1S/C12H12N4O2/c1-18-10-4-2-9(3-5-10)12-11(8-13)14-15-16(12)6-7-17/h2-5,17H,6-7H2,1H3. The second kappa shape index (κ2) is 5.29. The van der Waals surface area contributed by atoms with Gasteiger partial charge in [0.2, 0.25) is 0 Å². The molecule has 0 spiro atoms. The van der Waals surface area contributed by atoms with Crippen LogP contribution in [0.2, 0.25) is 0 Å². The highest BCUT2D eigenvalue weighted by Crippen LogP contribution is 2.24. The Hall–Kier alpha value is -2.39. The number of ether oxygens (including phenoxy) is 1. The summed E-state index contributed by atoms with van der Waals surface area (Å²) in [6.45, 7) is 0.243. The Kier molecular flexibility index (Phi) is 3.55. The van der Waals surface area contributed by atoms with Crippen LogP contribution >= 0.6 is 0 Å². The number of benzene rings is 1. The van der Waals surface area contributed by atoms with Crippen molar-refractivity contribution < 1.29 is 9.84 Å². The number of aliphatic hydroxyl groups is 1. The molecule has 1 N–H and O–H groups in total. The molecule has 18 heavy (non-hydrogen) atoms. The molecule has 6 nitrogen and oxygen atoms in total. The summed E-state index contributed by atoms with van der Waals surface area (Å²) in [4.78, 5) is 0. The van der Waals surface area contributed by atoms with Crippen molar-refractivity contribution in [3.63, 3.8) is 0 Å². The van der Waals surface area contributed by atoms with E-state index >= 15 is 0 Å². The lowest BCUT2D eigenvalue weighted by Gasteiger charge is -2.06. The van der Waals surface area contributed by atoms with Crippen molar-refractivity contribution in [3.8, 4) is 23.1 Å². The monoisotopic (exact) mass is 244 g/mol. The predicted molar refractivity (Wildman–Crippen MR) is 63.8 cm³/mol. The number of aliphatic hydroxyl groups excluding tert-OH is 1. The van der Waals surface area contributed by atoms with Gasteiger partial charge >= 0.3 is 0 Å². The fraction of sp³-hybridized carbons (Fsp3) is 0.250. The summed E-state index contributed by atoms with van der Waals surface area (Å²) in [7, 11) is 1.59. The molecule has 6 heteroatoms. The molecule has 0 atom stereocenters. The minimum absolute atomic E-state index is 0.0582. The molecule has 92 valence electrons. The van der Waals surface area contributed by atoms with Crippen LogP contribution in [0.25, 0.3) is 11.3 Å². The zero-order valence-electron chi connectivity index (χ0n) is 9.87. The maximum atomic E-state index is 9.01. The lowest BCUT2D eigenvalue weighted by molar-refractivity contribution is 0.269. The fourth-order valence-electron chi connectivity index (χ4n) is 1.67. The molecule has 2 rings (SSSR count). The molecule has 0 aliphatic heterocycles. The highest BCUT2D eigenvalue weighted by molar-refractivity contribution is 5.65. The van der Waals surface area contributed by atoms with Crippen LogP contribution in [-0.2, 0) is 6.54 Å². The van der Waals surface area contributed by atoms with E-state index in [0.29, 0.717) is 12.2 Å². The first kappa shape index (κ1) is 12.1. The molecule has 0 saturated carbocycles. The van der Waals surface area contributed by atoms with Crippen LogP contribution in [0.4, 0.5) is 0 Å². The number of rotatable bonds is 4. The smallest absolute Gasteiger partial charge is 0.190 e. The number of hydrogen-bond acceptors (Lipinski definition) is 5. The summed E-state index contributed by atoms with van der Waals surface area (Å²) in [5.74, 6) is 0.735. The van der Waals surface area contributed by atoms with Crippen molar-refractivity contribution in [1.29, 1.82) is 5.26 Å². The second-order valence-corrected chi connectivity index (χ2v) is 3.57. The minimum Gasteiger partial charge on any atom is -0.497 e. The Morgan fingerprint density at radius 2 is 2.11 bits per heavy atom. The Labute approximate surface area is 104 Å². The van der Waals surface area contributed by atoms with Crippen molar-refractivity contribution in [2.75, 3.05) is 13.7 Å². The summed E-state index contributed by atoms with van der Waals surface area (Å²) in [5, 5.41) is 25.6. The van der Waals surface area contributed by atoms with Crippen LogP contribution in [0, 0.1) is 11.3 Å². The van der Waals surface area contributed by atoms with E-state index in [0.717, 1.165) is 11.3 Å². The molecule has 1 heterocycles. The van der Waals surface area contributed by atoms with Crippen molar-refractivity contribution >= 4 is 0 Å². The van der Waals surface area contributed by atoms with Gasteiger partial charge in [0.1, 0.15) is 17.5 Å². The third-order valence-corrected chi connectivity index (χ3v) is 2.52. The van der Waals surface area contributed by atoms with Gasteiger partial charge in [0.15, 0.2) is 5.69 Å². The molecule has 0 unspecified atom stereocenters. The molecular weight excluding hydrogens is 232 g/mol. The zero-order valence-corrected chi connectivity index (χ0v) is 9.87. The van der Waals surface area contributed by atoms with E-state index in [9.17, 15) is 0 Å². The van der Waals surface area contributed by atoms with Gasteiger partial charge in [-0.2, -0.15) is 5.26 Å². The zero-order chi connectivity index (χ0) is 13.0. The van der Waals surface area contributed by atoms with Crippen LogP contribution in [0.1, 0.15) is 5.69 Å². The molecule has 0 aliphatic rings. The van der Waals surface area contributed by atoms with E-state index in [-0.39, 0.29) is 12.3 Å². The maximum absolute atomic E-state index is 9.01. The van der Waals surface area contributed by atoms with Gasteiger partial charge in [0.25, 0.3) is 0 Å². The van der Waals surface area contributed by atoms with E-state index in [1.54, 1.807) is 19.2 Å². The van der Waals surface area contributed by atoms with Gasteiger partial charge < -0.3 is 9.84 Å². The van der Waals surface area contributed by atoms with Gasteiger partial charge in [-0.3, -0.25) is 0 Å². The van der Waals surface area contributed by atoms with E-state index in [1.165, 1.54) is 4.68 Å². The third kappa shape index (κ3) is 2.17. The minimum atomic E-state index is -0.0582. The normalized spacial score (nSPS) is 10.1. The van der Waals surface area contributed by atoms with Crippen molar-refractivity contribution in [2.24, 2.45) is 0 Å². The van der Waals surface area contributed by atoms with Crippen LogP contribution in [-0.4, -0.2) is 33.8 Å². The number of nitrogens with zero attached hydrogens (tertiary/aromatic N) is 4. The fourth-order valence-corrected chi connectivity index (χ4v) is 1.67. The van der Waals surface area contributed by atoms with Crippen LogP contribution < -0.4 is 4.74 Å².